The summed E-state index contributed by atoms with van der Waals surface area (Å²) in [6, 6.07) is 71.2. The van der Waals surface area contributed by atoms with Gasteiger partial charge in [-0.1, -0.05) is 182 Å². The highest BCUT2D eigenvalue weighted by Crippen LogP contribution is 2.43. The highest BCUT2D eigenvalue weighted by Gasteiger charge is 2.19. The predicted octanol–water partition coefficient (Wildman–Crippen LogP) is 14.0. The molecule has 0 atom stereocenters. The van der Waals surface area contributed by atoms with Gasteiger partial charge in [0, 0.05) is 16.7 Å². The quantitative estimate of drug-likeness (QED) is 0.132. The number of fused-ring (bicyclic) bond motifs is 6. The van der Waals surface area contributed by atoms with Gasteiger partial charge >= 0.3 is 0 Å². The Morgan fingerprint density at radius 2 is 0.750 bits per heavy atom. The van der Waals surface area contributed by atoms with Crippen molar-refractivity contribution in [3.05, 3.63) is 200 Å². The van der Waals surface area contributed by atoms with E-state index in [1.165, 1.54) is 59.8 Å². The molecule has 0 fully saturated rings. The number of nitrogens with zero attached hydrogens (tertiary/aromatic N) is 3. The summed E-state index contributed by atoms with van der Waals surface area (Å²) in [6.07, 6.45) is 0. The third-order valence-corrected chi connectivity index (χ3v) is 11.1. The maximum absolute atomic E-state index is 5.21. The molecule has 1 heterocycles. The number of rotatable bonds is 5. The van der Waals surface area contributed by atoms with Gasteiger partial charge in [0.05, 0.1) is 0 Å². The third-order valence-electron chi connectivity index (χ3n) is 11.1. The van der Waals surface area contributed by atoms with Crippen LogP contribution in [-0.4, -0.2) is 15.0 Å². The summed E-state index contributed by atoms with van der Waals surface area (Å²) >= 11 is 0. The zero-order chi connectivity index (χ0) is 37.0. The molecule has 10 aromatic carbocycles. The van der Waals surface area contributed by atoms with E-state index in [0.717, 1.165) is 33.0 Å². The van der Waals surface area contributed by atoms with E-state index < -0.39 is 0 Å². The third kappa shape index (κ3) is 5.40. The van der Waals surface area contributed by atoms with E-state index >= 15 is 0 Å². The van der Waals surface area contributed by atoms with Crippen LogP contribution in [0.5, 0.6) is 0 Å². The Kier molecular flexibility index (Phi) is 7.49. The first kappa shape index (κ1) is 32.0. The van der Waals surface area contributed by atoms with Crippen molar-refractivity contribution in [3.8, 4) is 56.4 Å². The molecule has 1 aromatic heterocycles. The van der Waals surface area contributed by atoms with Crippen LogP contribution in [0.1, 0.15) is 0 Å². The lowest BCUT2D eigenvalue weighted by atomic mass is 9.87. The zero-order valence-corrected chi connectivity index (χ0v) is 30.4. The largest absolute Gasteiger partial charge is 0.208 e. The second-order valence-corrected chi connectivity index (χ2v) is 14.4. The van der Waals surface area contributed by atoms with Crippen LogP contribution in [0.4, 0.5) is 0 Å². The minimum Gasteiger partial charge on any atom is -0.208 e. The number of hydrogen-bond acceptors (Lipinski definition) is 3. The van der Waals surface area contributed by atoms with Crippen LogP contribution in [0.25, 0.3) is 110 Å². The van der Waals surface area contributed by atoms with E-state index in [1.807, 2.05) is 18.2 Å². The number of aromatic nitrogens is 3. The van der Waals surface area contributed by atoms with Gasteiger partial charge in [-0.15, -0.1) is 0 Å². The van der Waals surface area contributed by atoms with Crippen LogP contribution in [0.2, 0.25) is 0 Å². The summed E-state index contributed by atoms with van der Waals surface area (Å²) in [6.45, 7) is 0. The number of hydrogen-bond donors (Lipinski definition) is 0. The van der Waals surface area contributed by atoms with Crippen molar-refractivity contribution < 1.29 is 0 Å². The SMILES string of the molecule is c1ccc(-c2nc(-c3ccc(-c4ccc5ccccc5c4)cc3)nc(-c3ccc(-c4c5ccccc5cc5c4ccc4ccccc45)c4ccccc34)n2)cc1. The minimum absolute atomic E-state index is 0.638. The van der Waals surface area contributed by atoms with Crippen LogP contribution >= 0.6 is 0 Å². The lowest BCUT2D eigenvalue weighted by Gasteiger charge is -2.17. The molecule has 0 saturated carbocycles. The molecular weight excluding hydrogens is 679 g/mol. The van der Waals surface area contributed by atoms with Crippen LogP contribution < -0.4 is 0 Å². The van der Waals surface area contributed by atoms with Gasteiger partial charge in [0.2, 0.25) is 0 Å². The van der Waals surface area contributed by atoms with E-state index in [4.69, 9.17) is 15.0 Å². The second kappa shape index (κ2) is 13.1. The van der Waals surface area contributed by atoms with Gasteiger partial charge in [0.15, 0.2) is 17.5 Å². The first-order chi connectivity index (χ1) is 27.7. The second-order valence-electron chi connectivity index (χ2n) is 14.4. The summed E-state index contributed by atoms with van der Waals surface area (Å²) in [5, 5.41) is 12.2. The molecule has 56 heavy (non-hydrogen) atoms. The van der Waals surface area contributed by atoms with Gasteiger partial charge in [0.25, 0.3) is 0 Å². The Hall–Kier alpha value is -7.49. The average Bonchev–Trinajstić information content (AvgIpc) is 3.28. The van der Waals surface area contributed by atoms with E-state index in [9.17, 15) is 0 Å². The maximum atomic E-state index is 5.21. The van der Waals surface area contributed by atoms with Crippen LogP contribution in [0.3, 0.4) is 0 Å². The fraction of sp³-hybridized carbons (Fsp3) is 0. The predicted molar refractivity (Wildman–Crippen MR) is 235 cm³/mol. The Morgan fingerprint density at radius 3 is 1.52 bits per heavy atom. The molecule has 0 radical (unpaired) electrons. The smallest absolute Gasteiger partial charge is 0.164 e. The molecule has 0 N–H and O–H groups in total. The summed E-state index contributed by atoms with van der Waals surface area (Å²) in [4.78, 5) is 15.4. The normalized spacial score (nSPS) is 11.6. The summed E-state index contributed by atoms with van der Waals surface area (Å²) in [5.74, 6) is 1.92. The summed E-state index contributed by atoms with van der Waals surface area (Å²) < 4.78 is 0. The van der Waals surface area contributed by atoms with Crippen LogP contribution in [-0.2, 0) is 0 Å². The molecule has 0 aliphatic heterocycles. The molecule has 0 bridgehead atoms. The molecule has 3 heteroatoms. The first-order valence-electron chi connectivity index (χ1n) is 19.0. The van der Waals surface area contributed by atoms with E-state index in [1.54, 1.807) is 0 Å². The van der Waals surface area contributed by atoms with Crippen molar-refractivity contribution in [1.82, 2.24) is 15.0 Å². The fourth-order valence-electron chi connectivity index (χ4n) is 8.34. The molecule has 260 valence electrons. The summed E-state index contributed by atoms with van der Waals surface area (Å²) in [5.41, 5.74) is 7.59. The van der Waals surface area contributed by atoms with Crippen molar-refractivity contribution in [3.63, 3.8) is 0 Å². The topological polar surface area (TPSA) is 38.7 Å². The van der Waals surface area contributed by atoms with Gasteiger partial charge in [-0.3, -0.25) is 0 Å². The molecule has 0 amide bonds. The highest BCUT2D eigenvalue weighted by atomic mass is 15.0. The Balaban J connectivity index is 1.09. The standard InChI is InChI=1S/C53H33N3/c1-2-14-37(15-3-1)51-54-52(38-25-22-35(23-26-38)40-27-24-34-12-4-5-16-39(34)32-40)56-53(55-51)48-31-30-46(44-20-10-11-21-45(44)48)50-43-19-9-7-17-41(43)33-49-42-18-8-6-13-36(42)28-29-47(49)50/h1-33H. The zero-order valence-electron chi connectivity index (χ0n) is 30.4. The highest BCUT2D eigenvalue weighted by molar-refractivity contribution is 6.22. The molecule has 11 aromatic rings. The van der Waals surface area contributed by atoms with Crippen LogP contribution in [0.15, 0.2) is 200 Å². The van der Waals surface area contributed by atoms with Crippen molar-refractivity contribution in [2.75, 3.05) is 0 Å². The average molecular weight is 712 g/mol. The maximum Gasteiger partial charge on any atom is 0.164 e. The molecule has 0 aliphatic rings. The molecule has 0 spiro atoms. The van der Waals surface area contributed by atoms with E-state index in [2.05, 4.69) is 182 Å². The first-order valence-corrected chi connectivity index (χ1v) is 19.0. The van der Waals surface area contributed by atoms with Crippen molar-refractivity contribution in [1.29, 1.82) is 0 Å². The lowest BCUT2D eigenvalue weighted by Crippen LogP contribution is -2.01. The van der Waals surface area contributed by atoms with Crippen LogP contribution in [0, 0.1) is 0 Å². The molecular formula is C53H33N3. The molecule has 0 unspecified atom stereocenters. The minimum atomic E-state index is 0.638. The Labute approximate surface area is 324 Å². The van der Waals surface area contributed by atoms with E-state index in [0.29, 0.717) is 17.5 Å². The molecule has 0 saturated heterocycles. The molecule has 0 aliphatic carbocycles. The Morgan fingerprint density at radius 1 is 0.232 bits per heavy atom. The van der Waals surface area contributed by atoms with E-state index in [-0.39, 0.29) is 0 Å². The van der Waals surface area contributed by atoms with Gasteiger partial charge in [-0.2, -0.15) is 0 Å². The van der Waals surface area contributed by atoms with Gasteiger partial charge in [0.1, 0.15) is 0 Å². The van der Waals surface area contributed by atoms with Gasteiger partial charge in [-0.25, -0.2) is 15.0 Å². The fourth-order valence-corrected chi connectivity index (χ4v) is 8.34. The van der Waals surface area contributed by atoms with Crippen molar-refractivity contribution >= 4 is 53.9 Å². The lowest BCUT2D eigenvalue weighted by molar-refractivity contribution is 1.08. The van der Waals surface area contributed by atoms with Gasteiger partial charge < -0.3 is 0 Å². The molecule has 11 rings (SSSR count). The molecule has 3 nitrogen and oxygen atoms in total. The van der Waals surface area contributed by atoms with Gasteiger partial charge in [-0.05, 0) is 94.3 Å². The van der Waals surface area contributed by atoms with Crippen molar-refractivity contribution in [2.45, 2.75) is 0 Å². The number of benzene rings is 10. The van der Waals surface area contributed by atoms with Crippen molar-refractivity contribution in [2.24, 2.45) is 0 Å². The monoisotopic (exact) mass is 711 g/mol. The summed E-state index contributed by atoms with van der Waals surface area (Å²) in [7, 11) is 0. The Bertz CT molecular complexity index is 3300.